The van der Waals surface area contributed by atoms with E-state index in [1.165, 1.54) is 37.0 Å². The van der Waals surface area contributed by atoms with Crippen LogP contribution in [0.1, 0.15) is 53.2 Å². The quantitative estimate of drug-likeness (QED) is 0.740. The maximum absolute atomic E-state index is 11.5. The molecule has 0 atom stereocenters. The molecule has 0 bridgehead atoms. The smallest absolute Gasteiger partial charge is 0.248 e. The largest absolute Gasteiger partial charge is 0.366 e. The predicted octanol–water partition coefficient (Wildman–Crippen LogP) is 4.37. The molecule has 1 saturated carbocycles. The van der Waals surface area contributed by atoms with Gasteiger partial charge in [-0.25, -0.2) is 4.98 Å². The second kappa shape index (κ2) is 7.00. The minimum Gasteiger partial charge on any atom is -0.366 e. The fraction of sp³-hybridized carbons (Fsp3) is 0.400. The van der Waals surface area contributed by atoms with E-state index in [1.54, 1.807) is 11.3 Å². The molecule has 3 aromatic rings. The number of nitrogens with two attached hydrogens (primary N) is 1. The number of fused-ring (bicyclic) bond motifs is 1. The standard InChI is InChI=1S/C20H23N3OS/c21-20(24)15-8-9-18-17(11-15)22-19(12-16-7-4-10-25-16)23(18)13-14-5-2-1-3-6-14/h4,7-11,14H,1-3,5-6,12-13H2,(H2,21,24). The molecule has 0 spiro atoms. The fourth-order valence-corrected chi connectivity index (χ4v) is 4.57. The molecule has 4 nitrogen and oxygen atoms in total. The number of rotatable bonds is 5. The summed E-state index contributed by atoms with van der Waals surface area (Å²) in [5, 5.41) is 2.11. The van der Waals surface area contributed by atoms with Crippen LogP contribution in [0.4, 0.5) is 0 Å². The molecule has 130 valence electrons. The minimum atomic E-state index is -0.400. The van der Waals surface area contributed by atoms with Crippen molar-refractivity contribution in [2.75, 3.05) is 0 Å². The first-order chi connectivity index (χ1) is 12.2. The molecule has 1 aliphatic rings. The highest BCUT2D eigenvalue weighted by molar-refractivity contribution is 7.09. The third-order valence-corrected chi connectivity index (χ3v) is 6.07. The SMILES string of the molecule is NC(=O)c1ccc2c(c1)nc(Cc1cccs1)n2CC1CCCCC1. The zero-order chi connectivity index (χ0) is 17.2. The number of nitrogens with zero attached hydrogens (tertiary/aromatic N) is 2. The topological polar surface area (TPSA) is 60.9 Å². The maximum Gasteiger partial charge on any atom is 0.248 e. The fourth-order valence-electron chi connectivity index (χ4n) is 3.87. The van der Waals surface area contributed by atoms with E-state index in [-0.39, 0.29) is 0 Å². The summed E-state index contributed by atoms with van der Waals surface area (Å²) in [4.78, 5) is 17.7. The highest BCUT2D eigenvalue weighted by Crippen LogP contribution is 2.28. The molecule has 2 N–H and O–H groups in total. The van der Waals surface area contributed by atoms with E-state index in [4.69, 9.17) is 10.7 Å². The van der Waals surface area contributed by atoms with Crippen molar-refractivity contribution in [1.82, 2.24) is 9.55 Å². The molecule has 1 aromatic carbocycles. The third kappa shape index (κ3) is 3.47. The summed E-state index contributed by atoms with van der Waals surface area (Å²) < 4.78 is 2.37. The Hall–Kier alpha value is -2.14. The Kier molecular flexibility index (Phi) is 4.57. The van der Waals surface area contributed by atoms with Gasteiger partial charge in [0.2, 0.25) is 5.91 Å². The van der Waals surface area contributed by atoms with Crippen molar-refractivity contribution in [3.63, 3.8) is 0 Å². The summed E-state index contributed by atoms with van der Waals surface area (Å²) in [6.45, 7) is 1.02. The lowest BCUT2D eigenvalue weighted by Gasteiger charge is -2.23. The number of hydrogen-bond acceptors (Lipinski definition) is 3. The van der Waals surface area contributed by atoms with Gasteiger partial charge in [0.05, 0.1) is 11.0 Å². The molecule has 0 saturated heterocycles. The van der Waals surface area contributed by atoms with Crippen molar-refractivity contribution in [1.29, 1.82) is 0 Å². The molecule has 25 heavy (non-hydrogen) atoms. The highest BCUT2D eigenvalue weighted by atomic mass is 32.1. The number of thiophene rings is 1. The Morgan fingerprint density at radius 3 is 2.80 bits per heavy atom. The number of imidazole rings is 1. The normalized spacial score (nSPS) is 15.7. The van der Waals surface area contributed by atoms with E-state index < -0.39 is 5.91 Å². The Labute approximate surface area is 151 Å². The second-order valence-corrected chi connectivity index (χ2v) is 8.00. The lowest BCUT2D eigenvalue weighted by Crippen LogP contribution is -2.16. The van der Waals surface area contributed by atoms with Gasteiger partial charge < -0.3 is 10.3 Å². The summed E-state index contributed by atoms with van der Waals surface area (Å²) in [7, 11) is 0. The molecule has 1 aliphatic carbocycles. The van der Waals surface area contributed by atoms with E-state index in [2.05, 4.69) is 22.1 Å². The first-order valence-electron chi connectivity index (χ1n) is 9.02. The van der Waals surface area contributed by atoms with Gasteiger partial charge in [-0.2, -0.15) is 0 Å². The van der Waals surface area contributed by atoms with Gasteiger partial charge in [-0.05, 0) is 48.4 Å². The Morgan fingerprint density at radius 1 is 1.24 bits per heavy atom. The van der Waals surface area contributed by atoms with Gasteiger partial charge in [-0.15, -0.1) is 11.3 Å². The van der Waals surface area contributed by atoms with E-state index >= 15 is 0 Å². The molecule has 2 heterocycles. The number of benzene rings is 1. The van der Waals surface area contributed by atoms with Gasteiger partial charge >= 0.3 is 0 Å². The Balaban J connectivity index is 1.73. The van der Waals surface area contributed by atoms with Crippen molar-refractivity contribution < 1.29 is 4.79 Å². The molecule has 0 unspecified atom stereocenters. The molecule has 1 amide bonds. The number of amides is 1. The lowest BCUT2D eigenvalue weighted by molar-refractivity contribution is 0.100. The molecule has 2 aromatic heterocycles. The minimum absolute atomic E-state index is 0.400. The summed E-state index contributed by atoms with van der Waals surface area (Å²) >= 11 is 1.76. The van der Waals surface area contributed by atoms with Crippen LogP contribution in [-0.4, -0.2) is 15.5 Å². The molecule has 1 fully saturated rings. The van der Waals surface area contributed by atoms with Gasteiger partial charge in [-0.3, -0.25) is 4.79 Å². The van der Waals surface area contributed by atoms with Crippen LogP contribution >= 0.6 is 11.3 Å². The van der Waals surface area contributed by atoms with E-state index in [0.29, 0.717) is 5.56 Å². The van der Waals surface area contributed by atoms with Crippen molar-refractivity contribution in [3.8, 4) is 0 Å². The van der Waals surface area contributed by atoms with Crippen LogP contribution in [0.5, 0.6) is 0 Å². The van der Waals surface area contributed by atoms with Crippen molar-refractivity contribution in [2.24, 2.45) is 11.7 Å². The Morgan fingerprint density at radius 2 is 2.08 bits per heavy atom. The van der Waals surface area contributed by atoms with Crippen LogP contribution in [0.25, 0.3) is 11.0 Å². The molecule has 0 aliphatic heterocycles. The summed E-state index contributed by atoms with van der Waals surface area (Å²) in [5.41, 5.74) is 7.95. The summed E-state index contributed by atoms with van der Waals surface area (Å²) in [6.07, 6.45) is 7.48. The highest BCUT2D eigenvalue weighted by Gasteiger charge is 2.19. The molecular formula is C20H23N3OS. The predicted molar refractivity (Wildman–Crippen MR) is 102 cm³/mol. The van der Waals surface area contributed by atoms with Gasteiger partial charge in [0, 0.05) is 23.4 Å². The average Bonchev–Trinajstić information content (AvgIpc) is 3.24. The average molecular weight is 353 g/mol. The van der Waals surface area contributed by atoms with Crippen LogP contribution in [0.3, 0.4) is 0 Å². The first kappa shape index (κ1) is 16.3. The number of carbonyl (C=O) groups is 1. The van der Waals surface area contributed by atoms with Gasteiger partial charge in [0.25, 0.3) is 0 Å². The van der Waals surface area contributed by atoms with Crippen molar-refractivity contribution >= 4 is 28.3 Å². The van der Waals surface area contributed by atoms with Crippen LogP contribution in [0.15, 0.2) is 35.7 Å². The lowest BCUT2D eigenvalue weighted by atomic mass is 9.89. The molecule has 4 rings (SSSR count). The van der Waals surface area contributed by atoms with Gasteiger partial charge in [-0.1, -0.05) is 25.3 Å². The Bertz CT molecular complexity index is 876. The van der Waals surface area contributed by atoms with Crippen molar-refractivity contribution in [3.05, 3.63) is 52.0 Å². The van der Waals surface area contributed by atoms with Crippen LogP contribution < -0.4 is 5.73 Å². The molecular weight excluding hydrogens is 330 g/mol. The van der Waals surface area contributed by atoms with Gasteiger partial charge in [0.1, 0.15) is 5.82 Å². The van der Waals surface area contributed by atoms with E-state index in [9.17, 15) is 4.79 Å². The first-order valence-corrected chi connectivity index (χ1v) is 9.90. The van der Waals surface area contributed by atoms with Crippen molar-refractivity contribution in [2.45, 2.75) is 45.1 Å². The number of carbonyl (C=O) groups excluding carboxylic acids is 1. The number of aromatic nitrogens is 2. The van der Waals surface area contributed by atoms with E-state index in [0.717, 1.165) is 35.7 Å². The zero-order valence-corrected chi connectivity index (χ0v) is 15.1. The number of hydrogen-bond donors (Lipinski definition) is 1. The molecule has 5 heteroatoms. The van der Waals surface area contributed by atoms with Crippen LogP contribution in [-0.2, 0) is 13.0 Å². The monoisotopic (exact) mass is 353 g/mol. The van der Waals surface area contributed by atoms with E-state index in [1.807, 2.05) is 18.2 Å². The zero-order valence-electron chi connectivity index (χ0n) is 14.3. The maximum atomic E-state index is 11.5. The van der Waals surface area contributed by atoms with Crippen LogP contribution in [0.2, 0.25) is 0 Å². The van der Waals surface area contributed by atoms with Gasteiger partial charge in [0.15, 0.2) is 0 Å². The molecule has 0 radical (unpaired) electrons. The summed E-state index contributed by atoms with van der Waals surface area (Å²) in [5.74, 6) is 1.41. The summed E-state index contributed by atoms with van der Waals surface area (Å²) in [6, 6.07) is 9.89. The number of primary amides is 1. The third-order valence-electron chi connectivity index (χ3n) is 5.19. The van der Waals surface area contributed by atoms with Crippen LogP contribution in [0, 0.1) is 5.92 Å². The second-order valence-electron chi connectivity index (χ2n) is 6.97.